The number of methoxy groups -OCH3 is 1. The van der Waals surface area contributed by atoms with Gasteiger partial charge in [0.2, 0.25) is 0 Å². The summed E-state index contributed by atoms with van der Waals surface area (Å²) in [4.78, 5) is 12.7. The molecule has 0 unspecified atom stereocenters. The molecule has 0 aliphatic carbocycles. The molecular weight excluding hydrogens is 296 g/mol. The van der Waals surface area contributed by atoms with Crippen LogP contribution in [0, 0.1) is 11.3 Å². The van der Waals surface area contributed by atoms with Crippen LogP contribution in [0.5, 0.6) is 0 Å². The minimum atomic E-state index is -0.805. The quantitative estimate of drug-likeness (QED) is 0.548. The van der Waals surface area contributed by atoms with Gasteiger partial charge >= 0.3 is 5.97 Å². The minimum absolute atomic E-state index is 0.0606. The molecule has 2 rings (SSSR count). The van der Waals surface area contributed by atoms with Crippen LogP contribution in [0.2, 0.25) is 0 Å². The maximum atomic E-state index is 12.7. The van der Waals surface area contributed by atoms with Gasteiger partial charge in [-0.3, -0.25) is 4.79 Å². The van der Waals surface area contributed by atoms with Crippen molar-refractivity contribution in [3.8, 4) is 0 Å². The summed E-state index contributed by atoms with van der Waals surface area (Å²) in [5.41, 5.74) is 0.0279. The number of rotatable bonds is 8. The van der Waals surface area contributed by atoms with Crippen LogP contribution in [0.3, 0.4) is 0 Å². The molecule has 1 N–H and O–H groups in total. The maximum absolute atomic E-state index is 12.7. The van der Waals surface area contributed by atoms with Crippen molar-refractivity contribution in [1.82, 2.24) is 0 Å². The number of carbonyl (C=O) groups is 1. The maximum Gasteiger partial charge on any atom is 0.312 e. The number of esters is 1. The van der Waals surface area contributed by atoms with Gasteiger partial charge in [-0.1, -0.05) is 11.6 Å². The molecule has 0 spiro atoms. The van der Waals surface area contributed by atoms with Crippen molar-refractivity contribution in [3.63, 3.8) is 0 Å². The van der Waals surface area contributed by atoms with Crippen LogP contribution < -0.4 is 0 Å². The summed E-state index contributed by atoms with van der Waals surface area (Å²) < 4.78 is 17.0. The zero-order chi connectivity index (χ0) is 17.1. The Morgan fingerprint density at radius 3 is 2.74 bits per heavy atom. The van der Waals surface area contributed by atoms with Crippen molar-refractivity contribution in [2.24, 2.45) is 11.3 Å². The van der Waals surface area contributed by atoms with E-state index in [1.54, 1.807) is 14.0 Å². The monoisotopic (exact) mass is 326 g/mol. The lowest BCUT2D eigenvalue weighted by Crippen LogP contribution is -2.53. The second-order valence-electron chi connectivity index (χ2n) is 7.04. The Bertz CT molecular complexity index is 456. The van der Waals surface area contributed by atoms with Gasteiger partial charge in [-0.05, 0) is 46.5 Å². The fourth-order valence-electron chi connectivity index (χ4n) is 4.44. The highest BCUT2D eigenvalue weighted by Crippen LogP contribution is 2.60. The van der Waals surface area contributed by atoms with E-state index in [1.807, 2.05) is 0 Å². The molecule has 4 atom stereocenters. The van der Waals surface area contributed by atoms with Crippen LogP contribution >= 0.6 is 0 Å². The SMILES string of the molecule is CCOC(=O)[C@H]1[C@]2(CO)CC[C@@H](O2)[C@@]1(CCC=C(C)C)COC. The van der Waals surface area contributed by atoms with Crippen molar-refractivity contribution >= 4 is 5.97 Å². The van der Waals surface area contributed by atoms with E-state index in [0.29, 0.717) is 19.6 Å². The molecule has 23 heavy (non-hydrogen) atoms. The molecule has 0 aromatic rings. The van der Waals surface area contributed by atoms with Crippen molar-refractivity contribution in [1.29, 1.82) is 0 Å². The molecule has 2 fully saturated rings. The molecule has 2 saturated heterocycles. The van der Waals surface area contributed by atoms with Crippen LogP contribution in [0.25, 0.3) is 0 Å². The molecule has 2 aliphatic rings. The second-order valence-corrected chi connectivity index (χ2v) is 7.04. The van der Waals surface area contributed by atoms with E-state index < -0.39 is 16.9 Å². The zero-order valence-corrected chi connectivity index (χ0v) is 14.8. The molecule has 2 aliphatic heterocycles. The molecule has 5 nitrogen and oxygen atoms in total. The lowest BCUT2D eigenvalue weighted by atomic mass is 9.60. The van der Waals surface area contributed by atoms with E-state index in [1.165, 1.54) is 5.57 Å². The molecule has 0 amide bonds. The van der Waals surface area contributed by atoms with E-state index in [0.717, 1.165) is 19.3 Å². The van der Waals surface area contributed by atoms with E-state index in [9.17, 15) is 9.90 Å². The molecular formula is C18H30O5. The predicted octanol–water partition coefficient (Wildman–Crippen LogP) is 2.47. The summed E-state index contributed by atoms with van der Waals surface area (Å²) in [6.45, 7) is 6.56. The Morgan fingerprint density at radius 1 is 1.43 bits per heavy atom. The number of allylic oxidation sites excluding steroid dienone is 2. The van der Waals surface area contributed by atoms with Crippen molar-refractivity contribution in [2.45, 2.75) is 58.2 Å². The summed E-state index contributed by atoms with van der Waals surface area (Å²) in [6.07, 6.45) is 5.33. The first-order valence-corrected chi connectivity index (χ1v) is 8.53. The van der Waals surface area contributed by atoms with Crippen molar-refractivity contribution in [3.05, 3.63) is 11.6 Å². The summed E-state index contributed by atoms with van der Waals surface area (Å²) >= 11 is 0. The van der Waals surface area contributed by atoms with Gasteiger partial charge in [0.15, 0.2) is 0 Å². The molecule has 0 radical (unpaired) electrons. The fourth-order valence-corrected chi connectivity index (χ4v) is 4.44. The minimum Gasteiger partial charge on any atom is -0.466 e. The van der Waals surface area contributed by atoms with Crippen LogP contribution in [0.15, 0.2) is 11.6 Å². The van der Waals surface area contributed by atoms with Crippen LogP contribution in [0.4, 0.5) is 0 Å². The Hall–Kier alpha value is -0.910. The van der Waals surface area contributed by atoms with Crippen LogP contribution in [-0.2, 0) is 19.0 Å². The Kier molecular flexibility index (Phi) is 5.87. The standard InChI is InChI=1S/C18H30O5/c1-5-22-16(20)15-17(12-21-4,9-6-7-13(2)3)14-8-10-18(15,11-19)23-14/h7,14-15,19H,5-6,8-12H2,1-4H3/t14-,15-,17-,18-/m1/s1. The third-order valence-electron chi connectivity index (χ3n) is 5.31. The topological polar surface area (TPSA) is 65.0 Å². The predicted molar refractivity (Wildman–Crippen MR) is 87.0 cm³/mol. The summed E-state index contributed by atoms with van der Waals surface area (Å²) in [6, 6.07) is 0. The van der Waals surface area contributed by atoms with Gasteiger partial charge in [-0.2, -0.15) is 0 Å². The highest BCUT2D eigenvalue weighted by Gasteiger charge is 2.69. The first kappa shape index (κ1) is 18.4. The first-order chi connectivity index (χ1) is 11.0. The molecule has 0 aromatic heterocycles. The lowest BCUT2D eigenvalue weighted by Gasteiger charge is -2.42. The number of aliphatic hydroxyl groups excluding tert-OH is 1. The molecule has 2 heterocycles. The Morgan fingerprint density at radius 2 is 2.17 bits per heavy atom. The van der Waals surface area contributed by atoms with Gasteiger partial charge in [0, 0.05) is 12.5 Å². The van der Waals surface area contributed by atoms with Gasteiger partial charge in [-0.15, -0.1) is 0 Å². The molecule has 0 saturated carbocycles. The number of hydrogen-bond acceptors (Lipinski definition) is 5. The van der Waals surface area contributed by atoms with E-state index >= 15 is 0 Å². The Labute approximate surface area is 139 Å². The van der Waals surface area contributed by atoms with Gasteiger partial charge in [-0.25, -0.2) is 0 Å². The summed E-state index contributed by atoms with van der Waals surface area (Å²) in [5.74, 6) is -0.734. The highest BCUT2D eigenvalue weighted by molar-refractivity contribution is 5.76. The summed E-state index contributed by atoms with van der Waals surface area (Å²) in [5, 5.41) is 9.96. The smallest absolute Gasteiger partial charge is 0.312 e. The third-order valence-corrected chi connectivity index (χ3v) is 5.31. The average Bonchev–Trinajstić information content (AvgIpc) is 3.03. The number of carbonyl (C=O) groups excluding carboxylic acids is 1. The first-order valence-electron chi connectivity index (χ1n) is 8.53. The van der Waals surface area contributed by atoms with Crippen molar-refractivity contribution < 1.29 is 24.1 Å². The number of fused-ring (bicyclic) bond motifs is 2. The van der Waals surface area contributed by atoms with E-state index in [-0.39, 0.29) is 18.7 Å². The van der Waals surface area contributed by atoms with Gasteiger partial charge in [0.05, 0.1) is 31.8 Å². The van der Waals surface area contributed by atoms with Gasteiger partial charge in [0.25, 0.3) is 0 Å². The normalized spacial score (nSPS) is 35.3. The third kappa shape index (κ3) is 3.19. The number of ether oxygens (including phenoxy) is 3. The largest absolute Gasteiger partial charge is 0.466 e. The summed E-state index contributed by atoms with van der Waals surface area (Å²) in [7, 11) is 1.66. The lowest BCUT2D eigenvalue weighted by molar-refractivity contribution is -0.162. The Balaban J connectivity index is 2.35. The second kappa shape index (κ2) is 7.32. The number of hydrogen-bond donors (Lipinski definition) is 1. The molecule has 132 valence electrons. The fraction of sp³-hybridized carbons (Fsp3) is 0.833. The zero-order valence-electron chi connectivity index (χ0n) is 14.8. The van der Waals surface area contributed by atoms with Crippen LogP contribution in [0.1, 0.15) is 46.5 Å². The van der Waals surface area contributed by atoms with Crippen LogP contribution in [-0.4, -0.2) is 49.7 Å². The van der Waals surface area contributed by atoms with E-state index in [4.69, 9.17) is 14.2 Å². The van der Waals surface area contributed by atoms with Gasteiger partial charge < -0.3 is 19.3 Å². The molecule has 2 bridgehead atoms. The molecule has 5 heteroatoms. The molecule has 0 aromatic carbocycles. The average molecular weight is 326 g/mol. The highest BCUT2D eigenvalue weighted by atomic mass is 16.6. The number of aliphatic hydroxyl groups is 1. The van der Waals surface area contributed by atoms with Gasteiger partial charge in [0.1, 0.15) is 5.60 Å². The van der Waals surface area contributed by atoms with E-state index in [2.05, 4.69) is 19.9 Å². The van der Waals surface area contributed by atoms with Crippen molar-refractivity contribution in [2.75, 3.05) is 26.9 Å².